The van der Waals surface area contributed by atoms with E-state index >= 15 is 0 Å². The van der Waals surface area contributed by atoms with Crippen molar-refractivity contribution in [1.29, 1.82) is 0 Å². The minimum atomic E-state index is -1.12. The lowest BCUT2D eigenvalue weighted by Crippen LogP contribution is -2.07. The second kappa shape index (κ2) is 4.15. The molecule has 0 saturated heterocycles. The highest BCUT2D eigenvalue weighted by Gasteiger charge is 2.34. The van der Waals surface area contributed by atoms with E-state index in [1.807, 2.05) is 0 Å². The van der Waals surface area contributed by atoms with E-state index in [2.05, 4.69) is 10.3 Å². The lowest BCUT2D eigenvalue weighted by atomic mass is 10.2. The van der Waals surface area contributed by atoms with Gasteiger partial charge in [0.2, 0.25) is 0 Å². The van der Waals surface area contributed by atoms with Gasteiger partial charge in [-0.15, -0.1) is 5.10 Å². The zero-order valence-corrected chi connectivity index (χ0v) is 10.3. The molecule has 1 aromatic carbocycles. The lowest BCUT2D eigenvalue weighted by Gasteiger charge is -2.08. The summed E-state index contributed by atoms with van der Waals surface area (Å²) in [6.45, 7) is 1.66. The molecule has 1 heterocycles. The normalized spacial score (nSPS) is 14.6. The molecule has 2 aromatic rings. The number of hydrogen-bond acceptors (Lipinski definition) is 3. The van der Waals surface area contributed by atoms with E-state index in [9.17, 15) is 9.18 Å². The van der Waals surface area contributed by atoms with Crippen molar-refractivity contribution in [2.75, 3.05) is 0 Å². The topological polar surface area (TPSA) is 68.0 Å². The van der Waals surface area contributed by atoms with Gasteiger partial charge in [-0.05, 0) is 31.4 Å². The SMILES string of the molecule is Cc1cccc(-n2nnc(C(=O)O)c2C2CC2)c1F. The number of aromatic nitrogens is 3. The second-order valence-electron chi connectivity index (χ2n) is 4.72. The van der Waals surface area contributed by atoms with Crippen molar-refractivity contribution in [1.82, 2.24) is 15.0 Å². The number of nitrogens with zero attached hydrogens (tertiary/aromatic N) is 3. The molecule has 0 radical (unpaired) electrons. The van der Waals surface area contributed by atoms with Gasteiger partial charge in [0.1, 0.15) is 5.69 Å². The van der Waals surface area contributed by atoms with Crippen LogP contribution in [0.4, 0.5) is 4.39 Å². The van der Waals surface area contributed by atoms with Gasteiger partial charge in [0, 0.05) is 5.92 Å². The van der Waals surface area contributed by atoms with Gasteiger partial charge < -0.3 is 5.11 Å². The molecule has 6 heteroatoms. The van der Waals surface area contributed by atoms with E-state index < -0.39 is 11.8 Å². The van der Waals surface area contributed by atoms with Crippen LogP contribution >= 0.6 is 0 Å². The van der Waals surface area contributed by atoms with Gasteiger partial charge in [0.25, 0.3) is 0 Å². The maximum Gasteiger partial charge on any atom is 0.358 e. The van der Waals surface area contributed by atoms with Gasteiger partial charge in [-0.25, -0.2) is 13.9 Å². The predicted molar refractivity (Wildman–Crippen MR) is 65.0 cm³/mol. The fourth-order valence-electron chi connectivity index (χ4n) is 2.14. The summed E-state index contributed by atoms with van der Waals surface area (Å²) in [6.07, 6.45) is 1.78. The van der Waals surface area contributed by atoms with Crippen LogP contribution in [0.25, 0.3) is 5.69 Å². The molecule has 1 saturated carbocycles. The zero-order valence-electron chi connectivity index (χ0n) is 10.3. The monoisotopic (exact) mass is 261 g/mol. The van der Waals surface area contributed by atoms with Gasteiger partial charge in [0.05, 0.1) is 5.69 Å². The molecule has 1 N–H and O–H groups in total. The van der Waals surface area contributed by atoms with Crippen molar-refractivity contribution < 1.29 is 14.3 Å². The molecule has 19 heavy (non-hydrogen) atoms. The summed E-state index contributed by atoms with van der Waals surface area (Å²) in [7, 11) is 0. The number of hydrogen-bond donors (Lipinski definition) is 1. The molecule has 1 aliphatic carbocycles. The van der Waals surface area contributed by atoms with E-state index in [0.717, 1.165) is 12.8 Å². The summed E-state index contributed by atoms with van der Waals surface area (Å²) in [4.78, 5) is 11.1. The maximum atomic E-state index is 14.1. The average Bonchev–Trinajstić information content (AvgIpc) is 3.11. The number of aryl methyl sites for hydroxylation is 1. The van der Waals surface area contributed by atoms with E-state index in [0.29, 0.717) is 11.3 Å². The number of carbonyl (C=O) groups is 1. The molecule has 1 aliphatic rings. The zero-order chi connectivity index (χ0) is 13.6. The molecular formula is C13H12FN3O2. The molecule has 0 atom stereocenters. The van der Waals surface area contributed by atoms with Crippen LogP contribution in [-0.2, 0) is 0 Å². The Morgan fingerprint density at radius 1 is 1.47 bits per heavy atom. The van der Waals surface area contributed by atoms with E-state index in [4.69, 9.17) is 5.11 Å². The fourth-order valence-corrected chi connectivity index (χ4v) is 2.14. The third kappa shape index (κ3) is 1.89. The minimum Gasteiger partial charge on any atom is -0.476 e. The number of carboxylic acids is 1. The molecule has 3 rings (SSSR count). The van der Waals surface area contributed by atoms with Crippen LogP contribution in [-0.4, -0.2) is 26.1 Å². The van der Waals surface area contributed by atoms with Crippen LogP contribution in [0.3, 0.4) is 0 Å². The maximum absolute atomic E-state index is 14.1. The van der Waals surface area contributed by atoms with Crippen LogP contribution in [0.1, 0.15) is 40.5 Å². The third-order valence-electron chi connectivity index (χ3n) is 3.27. The Kier molecular flexibility index (Phi) is 2.58. The quantitative estimate of drug-likeness (QED) is 0.920. The van der Waals surface area contributed by atoms with Crippen LogP contribution in [0.2, 0.25) is 0 Å². The smallest absolute Gasteiger partial charge is 0.358 e. The molecule has 5 nitrogen and oxygen atoms in total. The Balaban J connectivity index is 2.20. The van der Waals surface area contributed by atoms with Gasteiger partial charge in [0.15, 0.2) is 11.5 Å². The highest BCUT2D eigenvalue weighted by atomic mass is 19.1. The summed E-state index contributed by atoms with van der Waals surface area (Å²) in [5.41, 5.74) is 1.16. The van der Waals surface area contributed by atoms with Crippen LogP contribution in [0.15, 0.2) is 18.2 Å². The van der Waals surface area contributed by atoms with Crippen molar-refractivity contribution in [2.45, 2.75) is 25.7 Å². The van der Waals surface area contributed by atoms with E-state index in [1.54, 1.807) is 25.1 Å². The van der Waals surface area contributed by atoms with Gasteiger partial charge in [-0.1, -0.05) is 17.3 Å². The Morgan fingerprint density at radius 3 is 2.84 bits per heavy atom. The lowest BCUT2D eigenvalue weighted by molar-refractivity contribution is 0.0689. The molecule has 1 aromatic heterocycles. The minimum absolute atomic E-state index is 0.0802. The third-order valence-corrected chi connectivity index (χ3v) is 3.27. The van der Waals surface area contributed by atoms with Crippen molar-refractivity contribution in [2.24, 2.45) is 0 Å². The van der Waals surface area contributed by atoms with Gasteiger partial charge in [-0.2, -0.15) is 0 Å². The van der Waals surface area contributed by atoms with Gasteiger partial charge in [-0.3, -0.25) is 0 Å². The molecule has 0 bridgehead atoms. The Bertz CT molecular complexity index is 662. The number of carboxylic acid groups (broad SMARTS) is 1. The predicted octanol–water partition coefficient (Wildman–Crippen LogP) is 2.29. The first-order valence-electron chi connectivity index (χ1n) is 6.04. The first-order valence-corrected chi connectivity index (χ1v) is 6.04. The van der Waals surface area contributed by atoms with Crippen LogP contribution in [0.5, 0.6) is 0 Å². The fraction of sp³-hybridized carbons (Fsp3) is 0.308. The summed E-state index contributed by atoms with van der Waals surface area (Å²) in [6, 6.07) is 4.95. The van der Waals surface area contributed by atoms with Gasteiger partial charge >= 0.3 is 5.97 Å². The molecule has 0 amide bonds. The summed E-state index contributed by atoms with van der Waals surface area (Å²) < 4.78 is 15.4. The van der Waals surface area contributed by atoms with Crippen molar-refractivity contribution >= 4 is 5.97 Å². The Labute approximate surface area is 108 Å². The van der Waals surface area contributed by atoms with Crippen molar-refractivity contribution in [3.8, 4) is 5.69 Å². The molecule has 0 aliphatic heterocycles. The highest BCUT2D eigenvalue weighted by molar-refractivity contribution is 5.87. The number of rotatable bonds is 3. The van der Waals surface area contributed by atoms with Crippen LogP contribution in [0, 0.1) is 12.7 Å². The van der Waals surface area contributed by atoms with Crippen LogP contribution < -0.4 is 0 Å². The Morgan fingerprint density at radius 2 is 2.21 bits per heavy atom. The summed E-state index contributed by atoms with van der Waals surface area (Å²) >= 11 is 0. The number of benzene rings is 1. The van der Waals surface area contributed by atoms with Crippen molar-refractivity contribution in [3.63, 3.8) is 0 Å². The number of halogens is 1. The van der Waals surface area contributed by atoms with Crippen molar-refractivity contribution in [3.05, 3.63) is 41.0 Å². The first kappa shape index (κ1) is 11.8. The summed E-state index contributed by atoms with van der Waals surface area (Å²) in [5, 5.41) is 16.6. The molecule has 1 fully saturated rings. The summed E-state index contributed by atoms with van der Waals surface area (Å²) in [5.74, 6) is -1.41. The highest BCUT2D eigenvalue weighted by Crippen LogP contribution is 2.42. The standard InChI is InChI=1S/C13H12FN3O2/c1-7-3-2-4-9(10(7)14)17-12(8-5-6-8)11(13(18)19)15-16-17/h2-4,8H,5-6H2,1H3,(H,18,19). The van der Waals surface area contributed by atoms with E-state index in [1.165, 1.54) is 4.68 Å². The second-order valence-corrected chi connectivity index (χ2v) is 4.72. The average molecular weight is 261 g/mol. The molecule has 98 valence electrons. The largest absolute Gasteiger partial charge is 0.476 e. The first-order chi connectivity index (χ1) is 9.09. The molecule has 0 spiro atoms. The van der Waals surface area contributed by atoms with E-state index in [-0.39, 0.29) is 17.3 Å². The molecular weight excluding hydrogens is 249 g/mol. The Hall–Kier alpha value is -2.24. The molecule has 0 unspecified atom stereocenters. The number of aromatic carboxylic acids is 1.